The molecule has 1 atom stereocenters. The van der Waals surface area contributed by atoms with Crippen LogP contribution in [0.2, 0.25) is 0 Å². The first kappa shape index (κ1) is 20.5. The molecule has 1 N–H and O–H groups in total. The molecule has 2 aromatic rings. The Hall–Kier alpha value is -2.82. The van der Waals surface area contributed by atoms with Gasteiger partial charge in [-0.05, 0) is 56.7 Å². The van der Waals surface area contributed by atoms with E-state index >= 15 is 0 Å². The molecule has 2 amide bonds. The highest BCUT2D eigenvalue weighted by Crippen LogP contribution is 2.17. The summed E-state index contributed by atoms with van der Waals surface area (Å²) in [5.74, 6) is -0.316. The predicted octanol–water partition coefficient (Wildman–Crippen LogP) is 4.02. The molecular weight excluding hydrogens is 338 g/mol. The summed E-state index contributed by atoms with van der Waals surface area (Å²) in [6, 6.07) is 16.3. The van der Waals surface area contributed by atoms with Crippen LogP contribution in [0.1, 0.15) is 37.6 Å². The zero-order chi connectivity index (χ0) is 19.8. The molecule has 5 nitrogen and oxygen atoms in total. The number of carbonyl (C=O) groups is 2. The molecule has 0 spiro atoms. The highest BCUT2D eigenvalue weighted by atomic mass is 16.2. The maximum Gasteiger partial charge on any atom is 0.254 e. The van der Waals surface area contributed by atoms with Gasteiger partial charge in [-0.15, -0.1) is 0 Å². The molecule has 0 radical (unpaired) electrons. The van der Waals surface area contributed by atoms with Gasteiger partial charge in [-0.1, -0.05) is 25.1 Å². The second-order valence-corrected chi connectivity index (χ2v) is 6.59. The average Bonchev–Trinajstić information content (AvgIpc) is 2.71. The van der Waals surface area contributed by atoms with Gasteiger partial charge in [0.15, 0.2) is 0 Å². The van der Waals surface area contributed by atoms with Gasteiger partial charge >= 0.3 is 0 Å². The number of nitrogens with one attached hydrogen (secondary N) is 1. The van der Waals surface area contributed by atoms with E-state index in [1.165, 1.54) is 0 Å². The van der Waals surface area contributed by atoms with Gasteiger partial charge in [-0.3, -0.25) is 9.59 Å². The predicted molar refractivity (Wildman–Crippen MR) is 111 cm³/mol. The van der Waals surface area contributed by atoms with E-state index in [2.05, 4.69) is 17.1 Å². The highest BCUT2D eigenvalue weighted by molar-refractivity contribution is 6.01. The largest absolute Gasteiger partial charge is 0.375 e. The van der Waals surface area contributed by atoms with E-state index in [-0.39, 0.29) is 11.8 Å². The second kappa shape index (κ2) is 9.76. The van der Waals surface area contributed by atoms with Crippen LogP contribution in [0, 0.1) is 0 Å². The Labute approximate surface area is 162 Å². The number of anilines is 2. The van der Waals surface area contributed by atoms with E-state index in [4.69, 9.17) is 0 Å². The Morgan fingerprint density at radius 1 is 1.00 bits per heavy atom. The number of para-hydroxylation sites is 1. The number of benzene rings is 2. The molecule has 5 heteroatoms. The second-order valence-electron chi connectivity index (χ2n) is 6.59. The first-order chi connectivity index (χ1) is 13.0. The minimum atomic E-state index is -0.560. The number of nitrogens with zero attached hydrogens (tertiary/aromatic N) is 2. The van der Waals surface area contributed by atoms with Crippen LogP contribution in [0.3, 0.4) is 0 Å². The van der Waals surface area contributed by atoms with Crippen LogP contribution in [-0.2, 0) is 4.79 Å². The third-order valence-electron chi connectivity index (χ3n) is 4.64. The van der Waals surface area contributed by atoms with E-state index < -0.39 is 6.04 Å². The molecule has 0 heterocycles. The smallest absolute Gasteiger partial charge is 0.254 e. The molecule has 0 aromatic heterocycles. The fourth-order valence-corrected chi connectivity index (χ4v) is 2.83. The fraction of sp³-hybridized carbons (Fsp3) is 0.364. The molecule has 0 aliphatic heterocycles. The van der Waals surface area contributed by atoms with Crippen LogP contribution in [0.15, 0.2) is 54.6 Å². The van der Waals surface area contributed by atoms with Crippen LogP contribution in [0.4, 0.5) is 11.4 Å². The molecule has 2 rings (SSSR count). The lowest BCUT2D eigenvalue weighted by Crippen LogP contribution is -2.46. The van der Waals surface area contributed by atoms with Gasteiger partial charge in [-0.25, -0.2) is 0 Å². The summed E-state index contributed by atoms with van der Waals surface area (Å²) < 4.78 is 0. The maximum absolute atomic E-state index is 13.0. The van der Waals surface area contributed by atoms with Gasteiger partial charge in [0.2, 0.25) is 5.91 Å². The minimum Gasteiger partial charge on any atom is -0.375 e. The lowest BCUT2D eigenvalue weighted by molar-refractivity contribution is -0.120. The molecule has 0 bridgehead atoms. The zero-order valence-electron chi connectivity index (χ0n) is 16.6. The van der Waals surface area contributed by atoms with Gasteiger partial charge in [-0.2, -0.15) is 0 Å². The number of rotatable bonds is 8. The van der Waals surface area contributed by atoms with Gasteiger partial charge in [0, 0.05) is 37.1 Å². The van der Waals surface area contributed by atoms with Crippen molar-refractivity contribution >= 4 is 23.2 Å². The zero-order valence-corrected chi connectivity index (χ0v) is 16.6. The van der Waals surface area contributed by atoms with Crippen molar-refractivity contribution in [3.8, 4) is 0 Å². The van der Waals surface area contributed by atoms with Crippen LogP contribution < -0.4 is 10.2 Å². The molecule has 144 valence electrons. The normalized spacial score (nSPS) is 11.6. The molecule has 0 saturated carbocycles. The standard InChI is InChI=1S/C22H29N3O2/c1-5-16-25(17(3)21(26)23-19-10-8-7-9-11-19)22(27)18-12-14-20(15-13-18)24(4)6-2/h7-15,17H,5-6,16H2,1-4H3,(H,23,26). The SMILES string of the molecule is CCCN(C(=O)c1ccc(N(C)CC)cc1)C(C)C(=O)Nc1ccccc1. The summed E-state index contributed by atoms with van der Waals surface area (Å²) in [5.41, 5.74) is 2.38. The van der Waals surface area contributed by atoms with E-state index in [0.29, 0.717) is 12.1 Å². The van der Waals surface area contributed by atoms with Crippen molar-refractivity contribution in [3.05, 3.63) is 60.2 Å². The van der Waals surface area contributed by atoms with Crippen molar-refractivity contribution < 1.29 is 9.59 Å². The minimum absolute atomic E-state index is 0.127. The van der Waals surface area contributed by atoms with Crippen LogP contribution in [0.5, 0.6) is 0 Å². The molecule has 1 unspecified atom stereocenters. The molecule has 27 heavy (non-hydrogen) atoms. The van der Waals surface area contributed by atoms with Crippen molar-refractivity contribution in [1.82, 2.24) is 4.90 Å². The summed E-state index contributed by atoms with van der Waals surface area (Å²) in [5, 5.41) is 2.88. The summed E-state index contributed by atoms with van der Waals surface area (Å²) in [4.78, 5) is 29.4. The first-order valence-electron chi connectivity index (χ1n) is 9.46. The molecule has 0 fully saturated rings. The Morgan fingerprint density at radius 2 is 1.63 bits per heavy atom. The number of amides is 2. The lowest BCUT2D eigenvalue weighted by atomic mass is 10.1. The highest BCUT2D eigenvalue weighted by Gasteiger charge is 2.26. The van der Waals surface area contributed by atoms with Gasteiger partial charge in [0.25, 0.3) is 5.91 Å². The number of carbonyl (C=O) groups excluding carboxylic acids is 2. The van der Waals surface area contributed by atoms with E-state index in [0.717, 1.165) is 24.3 Å². The van der Waals surface area contributed by atoms with Crippen LogP contribution in [-0.4, -0.2) is 42.9 Å². The van der Waals surface area contributed by atoms with E-state index in [9.17, 15) is 9.59 Å². The van der Waals surface area contributed by atoms with Gasteiger partial charge in [0.1, 0.15) is 6.04 Å². The van der Waals surface area contributed by atoms with Gasteiger partial charge in [0.05, 0.1) is 0 Å². The summed E-state index contributed by atoms with van der Waals surface area (Å²) in [6.07, 6.45) is 0.783. The average molecular weight is 367 g/mol. The van der Waals surface area contributed by atoms with Gasteiger partial charge < -0.3 is 15.1 Å². The fourth-order valence-electron chi connectivity index (χ4n) is 2.83. The first-order valence-corrected chi connectivity index (χ1v) is 9.46. The quantitative estimate of drug-likeness (QED) is 0.767. The van der Waals surface area contributed by atoms with E-state index in [1.54, 1.807) is 11.8 Å². The third-order valence-corrected chi connectivity index (χ3v) is 4.64. The summed E-state index contributed by atoms with van der Waals surface area (Å²) in [6.45, 7) is 7.27. The topological polar surface area (TPSA) is 52.7 Å². The Morgan fingerprint density at radius 3 is 2.19 bits per heavy atom. The molecular formula is C22H29N3O2. The lowest BCUT2D eigenvalue weighted by Gasteiger charge is -2.28. The monoisotopic (exact) mass is 367 g/mol. The third kappa shape index (κ3) is 5.33. The summed E-state index contributed by atoms with van der Waals surface area (Å²) in [7, 11) is 2.01. The molecule has 0 aliphatic carbocycles. The van der Waals surface area contributed by atoms with Crippen LogP contribution >= 0.6 is 0 Å². The molecule has 2 aromatic carbocycles. The molecule has 0 aliphatic rings. The molecule has 0 saturated heterocycles. The van der Waals surface area contributed by atoms with E-state index in [1.807, 2.05) is 68.6 Å². The van der Waals surface area contributed by atoms with Crippen molar-refractivity contribution in [2.24, 2.45) is 0 Å². The van der Waals surface area contributed by atoms with Crippen molar-refractivity contribution in [3.63, 3.8) is 0 Å². The van der Waals surface area contributed by atoms with Crippen molar-refractivity contribution in [2.45, 2.75) is 33.2 Å². The number of hydrogen-bond donors (Lipinski definition) is 1. The maximum atomic E-state index is 13.0. The summed E-state index contributed by atoms with van der Waals surface area (Å²) >= 11 is 0. The Balaban J connectivity index is 2.14. The van der Waals surface area contributed by atoms with Crippen LogP contribution in [0.25, 0.3) is 0 Å². The Kier molecular flexibility index (Phi) is 7.41. The Bertz CT molecular complexity index is 744. The van der Waals surface area contributed by atoms with Crippen molar-refractivity contribution in [2.75, 3.05) is 30.4 Å². The van der Waals surface area contributed by atoms with Crippen molar-refractivity contribution in [1.29, 1.82) is 0 Å². The number of hydrogen-bond acceptors (Lipinski definition) is 3.